The maximum absolute atomic E-state index is 11.8. The van der Waals surface area contributed by atoms with Crippen LogP contribution in [0.25, 0.3) is 0 Å². The van der Waals surface area contributed by atoms with Gasteiger partial charge in [-0.1, -0.05) is 25.1 Å². The number of carbonyl (C=O) groups is 1. The highest BCUT2D eigenvalue weighted by molar-refractivity contribution is 5.68. The summed E-state index contributed by atoms with van der Waals surface area (Å²) in [7, 11) is 1.69. The summed E-state index contributed by atoms with van der Waals surface area (Å²) in [5.74, 6) is 0. The number of para-hydroxylation sites is 1. The second-order valence-corrected chi connectivity index (χ2v) is 6.22. The van der Waals surface area contributed by atoms with Crippen LogP contribution in [-0.2, 0) is 16.0 Å². The zero-order valence-corrected chi connectivity index (χ0v) is 14.2. The van der Waals surface area contributed by atoms with Crippen LogP contribution < -0.4 is 10.6 Å². The van der Waals surface area contributed by atoms with E-state index in [1.165, 1.54) is 0 Å². The summed E-state index contributed by atoms with van der Waals surface area (Å²) in [6, 6.07) is 8.16. The molecule has 0 aromatic heterocycles. The van der Waals surface area contributed by atoms with Crippen LogP contribution in [0.3, 0.4) is 0 Å². The van der Waals surface area contributed by atoms with Gasteiger partial charge in [-0.2, -0.15) is 0 Å². The summed E-state index contributed by atoms with van der Waals surface area (Å²) >= 11 is 0. The highest BCUT2D eigenvalue weighted by atomic mass is 16.6. The summed E-state index contributed by atoms with van der Waals surface area (Å²) in [4.78, 5) is 11.8. The van der Waals surface area contributed by atoms with Gasteiger partial charge >= 0.3 is 6.09 Å². The summed E-state index contributed by atoms with van der Waals surface area (Å²) in [6.45, 7) is 8.71. The third-order valence-corrected chi connectivity index (χ3v) is 3.06. The molecule has 0 saturated heterocycles. The van der Waals surface area contributed by atoms with Crippen molar-refractivity contribution >= 4 is 11.8 Å². The smallest absolute Gasteiger partial charge is 0.407 e. The van der Waals surface area contributed by atoms with Crippen LogP contribution in [0.4, 0.5) is 10.5 Å². The van der Waals surface area contributed by atoms with Crippen LogP contribution >= 0.6 is 0 Å². The molecule has 2 N–H and O–H groups in total. The van der Waals surface area contributed by atoms with Crippen LogP contribution in [0.5, 0.6) is 0 Å². The van der Waals surface area contributed by atoms with Crippen LogP contribution in [0.2, 0.25) is 0 Å². The van der Waals surface area contributed by atoms with E-state index >= 15 is 0 Å². The Labute approximate surface area is 133 Å². The van der Waals surface area contributed by atoms with E-state index in [1.807, 2.05) is 45.0 Å². The number of hydrogen-bond acceptors (Lipinski definition) is 4. The van der Waals surface area contributed by atoms with Crippen molar-refractivity contribution in [2.45, 2.75) is 52.3 Å². The molecule has 0 spiro atoms. The third kappa shape index (κ3) is 6.80. The van der Waals surface area contributed by atoms with E-state index in [9.17, 15) is 4.79 Å². The van der Waals surface area contributed by atoms with E-state index < -0.39 is 11.7 Å². The quantitative estimate of drug-likeness (QED) is 0.809. The molecule has 0 aliphatic rings. The molecule has 0 aliphatic carbocycles. The fourth-order valence-electron chi connectivity index (χ4n) is 1.98. The Balaban J connectivity index is 2.65. The first-order valence-corrected chi connectivity index (χ1v) is 7.66. The second-order valence-electron chi connectivity index (χ2n) is 6.22. The molecule has 1 amide bonds. The predicted molar refractivity (Wildman–Crippen MR) is 89.1 cm³/mol. The second kappa shape index (κ2) is 8.63. The van der Waals surface area contributed by atoms with Crippen molar-refractivity contribution in [2.24, 2.45) is 0 Å². The molecule has 0 radical (unpaired) electrons. The van der Waals surface area contributed by atoms with E-state index in [-0.39, 0.29) is 6.04 Å². The SMILES string of the molecule is CCC(COC)Nc1ccccc1CNC(=O)OC(C)(C)C. The van der Waals surface area contributed by atoms with Crippen LogP contribution in [0.15, 0.2) is 24.3 Å². The van der Waals surface area contributed by atoms with E-state index in [0.29, 0.717) is 13.2 Å². The van der Waals surface area contributed by atoms with Crippen molar-refractivity contribution in [3.63, 3.8) is 0 Å². The first-order chi connectivity index (χ1) is 10.4. The lowest BCUT2D eigenvalue weighted by Gasteiger charge is -2.21. The molecular formula is C17H28N2O3. The highest BCUT2D eigenvalue weighted by Gasteiger charge is 2.16. The molecule has 124 valence electrons. The molecule has 0 saturated carbocycles. The number of rotatable bonds is 7. The van der Waals surface area contributed by atoms with Crippen molar-refractivity contribution in [3.05, 3.63) is 29.8 Å². The average molecular weight is 308 g/mol. The number of anilines is 1. The number of ether oxygens (including phenoxy) is 2. The van der Waals surface area contributed by atoms with Crippen molar-refractivity contribution in [1.82, 2.24) is 5.32 Å². The number of nitrogens with one attached hydrogen (secondary N) is 2. The standard InChI is InChI=1S/C17H28N2O3/c1-6-14(12-21-5)19-15-10-8-7-9-13(15)11-18-16(20)22-17(2,3)4/h7-10,14,19H,6,11-12H2,1-5H3,(H,18,20). The minimum atomic E-state index is -0.492. The Morgan fingerprint density at radius 1 is 1.27 bits per heavy atom. The van der Waals surface area contributed by atoms with E-state index in [4.69, 9.17) is 9.47 Å². The number of amides is 1. The summed E-state index contributed by atoms with van der Waals surface area (Å²) in [6.07, 6.45) is 0.549. The summed E-state index contributed by atoms with van der Waals surface area (Å²) in [5, 5.41) is 6.24. The lowest BCUT2D eigenvalue weighted by atomic mass is 10.1. The van der Waals surface area contributed by atoms with E-state index in [0.717, 1.165) is 17.7 Å². The van der Waals surface area contributed by atoms with Gasteiger partial charge in [0.25, 0.3) is 0 Å². The maximum atomic E-state index is 11.8. The Bertz CT molecular complexity index is 469. The van der Waals surface area contributed by atoms with Gasteiger partial charge in [0.05, 0.1) is 6.61 Å². The molecule has 0 bridgehead atoms. The topological polar surface area (TPSA) is 59.6 Å². The van der Waals surface area contributed by atoms with Crippen LogP contribution in [-0.4, -0.2) is 31.5 Å². The van der Waals surface area contributed by atoms with Crippen molar-refractivity contribution in [1.29, 1.82) is 0 Å². The lowest BCUT2D eigenvalue weighted by Crippen LogP contribution is -2.32. The highest BCUT2D eigenvalue weighted by Crippen LogP contribution is 2.17. The van der Waals surface area contributed by atoms with Crippen LogP contribution in [0.1, 0.15) is 39.7 Å². The molecule has 0 aliphatic heterocycles. The van der Waals surface area contributed by atoms with Gasteiger partial charge in [-0.25, -0.2) is 4.79 Å². The Hall–Kier alpha value is -1.75. The van der Waals surface area contributed by atoms with Crippen molar-refractivity contribution in [2.75, 3.05) is 19.0 Å². The monoisotopic (exact) mass is 308 g/mol. The molecule has 22 heavy (non-hydrogen) atoms. The van der Waals surface area contributed by atoms with Gasteiger partial charge in [0.2, 0.25) is 0 Å². The third-order valence-electron chi connectivity index (χ3n) is 3.06. The normalized spacial score (nSPS) is 12.6. The molecule has 0 fully saturated rings. The zero-order valence-electron chi connectivity index (χ0n) is 14.2. The van der Waals surface area contributed by atoms with E-state index in [2.05, 4.69) is 17.6 Å². The molecule has 1 aromatic rings. The molecule has 5 nitrogen and oxygen atoms in total. The van der Waals surface area contributed by atoms with Gasteiger partial charge in [0, 0.05) is 25.4 Å². The summed E-state index contributed by atoms with van der Waals surface area (Å²) in [5.41, 5.74) is 1.53. The number of hydrogen-bond donors (Lipinski definition) is 2. The fraction of sp³-hybridized carbons (Fsp3) is 0.588. The largest absolute Gasteiger partial charge is 0.444 e. The number of carbonyl (C=O) groups excluding carboxylic acids is 1. The molecule has 1 aromatic carbocycles. The van der Waals surface area contributed by atoms with Gasteiger partial charge in [-0.15, -0.1) is 0 Å². The predicted octanol–water partition coefficient (Wildman–Crippen LogP) is 3.55. The molecule has 5 heteroatoms. The van der Waals surface area contributed by atoms with Crippen LogP contribution in [0, 0.1) is 0 Å². The zero-order chi connectivity index (χ0) is 16.6. The number of methoxy groups -OCH3 is 1. The molecular weight excluding hydrogens is 280 g/mol. The first-order valence-electron chi connectivity index (χ1n) is 7.66. The Morgan fingerprint density at radius 3 is 2.55 bits per heavy atom. The molecule has 0 heterocycles. The maximum Gasteiger partial charge on any atom is 0.407 e. The average Bonchev–Trinajstić information content (AvgIpc) is 2.44. The number of benzene rings is 1. The van der Waals surface area contributed by atoms with Gasteiger partial charge in [0.1, 0.15) is 5.60 Å². The first kappa shape index (κ1) is 18.3. The minimum Gasteiger partial charge on any atom is -0.444 e. The van der Waals surface area contributed by atoms with Crippen molar-refractivity contribution < 1.29 is 14.3 Å². The Kier molecular flexibility index (Phi) is 7.18. The molecule has 1 atom stereocenters. The van der Waals surface area contributed by atoms with Gasteiger partial charge in [-0.3, -0.25) is 0 Å². The molecule has 1 rings (SSSR count). The van der Waals surface area contributed by atoms with E-state index in [1.54, 1.807) is 7.11 Å². The van der Waals surface area contributed by atoms with Gasteiger partial charge < -0.3 is 20.1 Å². The molecule has 1 unspecified atom stereocenters. The van der Waals surface area contributed by atoms with Gasteiger partial charge in [-0.05, 0) is 38.8 Å². The lowest BCUT2D eigenvalue weighted by molar-refractivity contribution is 0.0523. The van der Waals surface area contributed by atoms with Crippen molar-refractivity contribution in [3.8, 4) is 0 Å². The Morgan fingerprint density at radius 2 is 1.95 bits per heavy atom. The fourth-order valence-corrected chi connectivity index (χ4v) is 1.98. The van der Waals surface area contributed by atoms with Gasteiger partial charge in [0.15, 0.2) is 0 Å². The summed E-state index contributed by atoms with van der Waals surface area (Å²) < 4.78 is 10.5. The number of alkyl carbamates (subject to hydrolysis) is 1. The minimum absolute atomic E-state index is 0.243.